The van der Waals surface area contributed by atoms with E-state index in [2.05, 4.69) is 30.1 Å². The molecule has 4 aromatic heterocycles. The fourth-order valence-electron chi connectivity index (χ4n) is 3.23. The summed E-state index contributed by atoms with van der Waals surface area (Å²) in [6, 6.07) is 17.3. The topological polar surface area (TPSA) is 114 Å². The van der Waals surface area contributed by atoms with E-state index in [4.69, 9.17) is 4.52 Å². The first-order chi connectivity index (χ1) is 15.5. The van der Waals surface area contributed by atoms with Gasteiger partial charge in [0, 0.05) is 29.1 Å². The minimum atomic E-state index is -1.20. The van der Waals surface area contributed by atoms with Gasteiger partial charge in [-0.3, -0.25) is 9.97 Å². The summed E-state index contributed by atoms with van der Waals surface area (Å²) in [5.41, 5.74) is 3.87. The van der Waals surface area contributed by atoms with Crippen LogP contribution in [-0.4, -0.2) is 35.2 Å². The Kier molecular flexibility index (Phi) is 4.84. The highest BCUT2D eigenvalue weighted by Crippen LogP contribution is 2.27. The SMILES string of the molecule is CC(C)(O)c1nc(-c2cccc(-c3ncc(-c4ccc(-c5ccccn5)nc4)[nH]3)c2)no1. The molecule has 2 N–H and O–H groups in total. The Morgan fingerprint density at radius 3 is 2.41 bits per heavy atom. The van der Waals surface area contributed by atoms with Gasteiger partial charge in [0.25, 0.3) is 5.89 Å². The van der Waals surface area contributed by atoms with Gasteiger partial charge in [0.05, 0.1) is 23.3 Å². The number of imidazole rings is 1. The monoisotopic (exact) mass is 424 g/mol. The van der Waals surface area contributed by atoms with E-state index in [1.54, 1.807) is 32.4 Å². The van der Waals surface area contributed by atoms with Gasteiger partial charge < -0.3 is 14.6 Å². The Morgan fingerprint density at radius 2 is 1.69 bits per heavy atom. The van der Waals surface area contributed by atoms with Crippen LogP contribution in [0.15, 0.2) is 77.7 Å². The van der Waals surface area contributed by atoms with E-state index in [1.165, 1.54) is 0 Å². The first kappa shape index (κ1) is 19.8. The molecule has 0 fully saturated rings. The number of benzene rings is 1. The molecule has 0 bridgehead atoms. The molecule has 0 radical (unpaired) electrons. The van der Waals surface area contributed by atoms with Gasteiger partial charge in [0.15, 0.2) is 0 Å². The van der Waals surface area contributed by atoms with E-state index in [1.807, 2.05) is 54.6 Å². The Bertz CT molecular complexity index is 1350. The molecule has 32 heavy (non-hydrogen) atoms. The van der Waals surface area contributed by atoms with Gasteiger partial charge in [0.1, 0.15) is 11.4 Å². The number of pyridine rings is 2. The summed E-state index contributed by atoms with van der Waals surface area (Å²) in [6.45, 7) is 3.20. The molecule has 0 unspecified atom stereocenters. The van der Waals surface area contributed by atoms with E-state index < -0.39 is 5.60 Å². The van der Waals surface area contributed by atoms with Crippen molar-refractivity contribution in [2.75, 3.05) is 0 Å². The number of aromatic amines is 1. The number of nitrogens with one attached hydrogen (secondary N) is 1. The molecule has 0 spiro atoms. The second-order valence-corrected chi connectivity index (χ2v) is 7.86. The van der Waals surface area contributed by atoms with Crippen LogP contribution < -0.4 is 0 Å². The van der Waals surface area contributed by atoms with E-state index >= 15 is 0 Å². The van der Waals surface area contributed by atoms with E-state index in [0.717, 1.165) is 33.8 Å². The van der Waals surface area contributed by atoms with E-state index in [9.17, 15) is 5.11 Å². The third kappa shape index (κ3) is 3.91. The van der Waals surface area contributed by atoms with Crippen LogP contribution in [0.5, 0.6) is 0 Å². The number of rotatable bonds is 5. The van der Waals surface area contributed by atoms with Crippen LogP contribution in [-0.2, 0) is 5.60 Å². The molecule has 0 amide bonds. The highest BCUT2D eigenvalue weighted by atomic mass is 16.5. The van der Waals surface area contributed by atoms with Gasteiger partial charge in [-0.05, 0) is 44.2 Å². The van der Waals surface area contributed by atoms with Crippen molar-refractivity contribution in [3.05, 3.63) is 79.1 Å². The number of hydrogen-bond donors (Lipinski definition) is 2. The molecule has 5 aromatic rings. The van der Waals surface area contributed by atoms with Crippen molar-refractivity contribution in [3.8, 4) is 45.4 Å². The third-order valence-corrected chi connectivity index (χ3v) is 4.92. The van der Waals surface area contributed by atoms with Crippen LogP contribution in [0, 0.1) is 0 Å². The average Bonchev–Trinajstić information content (AvgIpc) is 3.50. The first-order valence-electron chi connectivity index (χ1n) is 10.1. The molecule has 5 rings (SSSR count). The van der Waals surface area contributed by atoms with Crippen LogP contribution in [0.4, 0.5) is 0 Å². The third-order valence-electron chi connectivity index (χ3n) is 4.92. The summed E-state index contributed by atoms with van der Waals surface area (Å²) in [5.74, 6) is 1.28. The summed E-state index contributed by atoms with van der Waals surface area (Å²) >= 11 is 0. The number of nitrogens with zero attached hydrogens (tertiary/aromatic N) is 5. The maximum Gasteiger partial charge on any atom is 0.258 e. The smallest absolute Gasteiger partial charge is 0.258 e. The standard InChI is InChI=1S/C24H20N6O2/c1-24(2,31)23-29-22(30-32-23)16-7-5-6-15(12-16)21-27-14-20(28-21)17-9-10-19(26-13-17)18-8-3-4-11-25-18/h3-14,31H,1-2H3,(H,27,28). The van der Waals surface area contributed by atoms with Gasteiger partial charge in [-0.1, -0.05) is 29.4 Å². The molecule has 8 heteroatoms. The molecule has 8 nitrogen and oxygen atoms in total. The molecule has 4 heterocycles. The summed E-state index contributed by atoms with van der Waals surface area (Å²) < 4.78 is 5.19. The minimum absolute atomic E-state index is 0.167. The van der Waals surface area contributed by atoms with Gasteiger partial charge in [-0.25, -0.2) is 4.98 Å². The fourth-order valence-corrected chi connectivity index (χ4v) is 3.23. The quantitative estimate of drug-likeness (QED) is 0.428. The molecule has 158 valence electrons. The van der Waals surface area contributed by atoms with Crippen LogP contribution in [0.3, 0.4) is 0 Å². The summed E-state index contributed by atoms with van der Waals surface area (Å²) in [6.07, 6.45) is 5.33. The molecular formula is C24H20N6O2. The second kappa shape index (κ2) is 7.82. The van der Waals surface area contributed by atoms with Crippen molar-refractivity contribution in [1.29, 1.82) is 0 Å². The van der Waals surface area contributed by atoms with Crippen LogP contribution in [0.2, 0.25) is 0 Å². The van der Waals surface area contributed by atoms with Crippen molar-refractivity contribution < 1.29 is 9.63 Å². The lowest BCUT2D eigenvalue weighted by molar-refractivity contribution is 0.0420. The molecule has 0 saturated carbocycles. The van der Waals surface area contributed by atoms with Gasteiger partial charge in [-0.2, -0.15) is 4.98 Å². The molecule has 0 aliphatic heterocycles. The number of aromatic nitrogens is 6. The van der Waals surface area contributed by atoms with Crippen molar-refractivity contribution >= 4 is 0 Å². The molecule has 0 atom stereocenters. The lowest BCUT2D eigenvalue weighted by Gasteiger charge is -2.09. The summed E-state index contributed by atoms with van der Waals surface area (Å²) in [7, 11) is 0. The zero-order chi connectivity index (χ0) is 22.1. The van der Waals surface area contributed by atoms with E-state index in [-0.39, 0.29) is 5.89 Å². The maximum absolute atomic E-state index is 10.1. The van der Waals surface area contributed by atoms with Crippen molar-refractivity contribution in [2.45, 2.75) is 19.4 Å². The summed E-state index contributed by atoms with van der Waals surface area (Å²) in [4.78, 5) is 21.0. The number of aliphatic hydroxyl groups is 1. The summed E-state index contributed by atoms with van der Waals surface area (Å²) in [5, 5.41) is 14.0. The minimum Gasteiger partial charge on any atom is -0.381 e. The Labute approximate surface area is 184 Å². The van der Waals surface area contributed by atoms with Crippen LogP contribution in [0.25, 0.3) is 45.4 Å². The number of hydrogen-bond acceptors (Lipinski definition) is 7. The zero-order valence-corrected chi connectivity index (χ0v) is 17.5. The van der Waals surface area contributed by atoms with Gasteiger partial charge in [-0.15, -0.1) is 0 Å². The molecular weight excluding hydrogens is 404 g/mol. The Hall–Kier alpha value is -4.17. The Balaban J connectivity index is 1.40. The highest BCUT2D eigenvalue weighted by molar-refractivity contribution is 5.69. The molecule has 0 aliphatic carbocycles. The maximum atomic E-state index is 10.1. The highest BCUT2D eigenvalue weighted by Gasteiger charge is 2.24. The lowest BCUT2D eigenvalue weighted by atomic mass is 10.1. The predicted octanol–water partition coefficient (Wildman–Crippen LogP) is 4.48. The molecule has 0 aliphatic rings. The zero-order valence-electron chi connectivity index (χ0n) is 17.5. The largest absolute Gasteiger partial charge is 0.381 e. The molecule has 0 saturated heterocycles. The van der Waals surface area contributed by atoms with Crippen molar-refractivity contribution in [3.63, 3.8) is 0 Å². The van der Waals surface area contributed by atoms with Crippen molar-refractivity contribution in [1.82, 2.24) is 30.1 Å². The number of H-pyrrole nitrogens is 1. The van der Waals surface area contributed by atoms with Crippen LogP contribution >= 0.6 is 0 Å². The van der Waals surface area contributed by atoms with Crippen molar-refractivity contribution in [2.24, 2.45) is 0 Å². The second-order valence-electron chi connectivity index (χ2n) is 7.86. The average molecular weight is 424 g/mol. The Morgan fingerprint density at radius 1 is 0.844 bits per heavy atom. The fraction of sp³-hybridized carbons (Fsp3) is 0.125. The predicted molar refractivity (Wildman–Crippen MR) is 119 cm³/mol. The normalized spacial score (nSPS) is 11.6. The van der Waals surface area contributed by atoms with Crippen LogP contribution in [0.1, 0.15) is 19.7 Å². The van der Waals surface area contributed by atoms with Gasteiger partial charge in [0.2, 0.25) is 5.82 Å². The van der Waals surface area contributed by atoms with Gasteiger partial charge >= 0.3 is 0 Å². The molecule has 1 aromatic carbocycles. The first-order valence-corrected chi connectivity index (χ1v) is 10.1. The van der Waals surface area contributed by atoms with E-state index in [0.29, 0.717) is 11.6 Å². The lowest BCUT2D eigenvalue weighted by Crippen LogP contribution is -2.15.